The van der Waals surface area contributed by atoms with Crippen molar-refractivity contribution in [3.63, 3.8) is 0 Å². The van der Waals surface area contributed by atoms with Gasteiger partial charge in [-0.2, -0.15) is 0 Å². The predicted molar refractivity (Wildman–Crippen MR) is 83.9 cm³/mol. The van der Waals surface area contributed by atoms with Gasteiger partial charge in [0.25, 0.3) is 0 Å². The fraction of sp³-hybridized carbons (Fsp3) is 0.647. The van der Waals surface area contributed by atoms with Crippen LogP contribution in [0.25, 0.3) is 0 Å². The minimum Gasteiger partial charge on any atom is -0.493 e. The van der Waals surface area contributed by atoms with Gasteiger partial charge in [0.1, 0.15) is 0 Å². The second-order valence-electron chi connectivity index (χ2n) is 5.64. The molecule has 0 aliphatic heterocycles. The first-order valence-corrected chi connectivity index (χ1v) is 7.85. The van der Waals surface area contributed by atoms with Crippen LogP contribution in [0.5, 0.6) is 11.5 Å². The van der Waals surface area contributed by atoms with E-state index in [4.69, 9.17) is 9.47 Å². The highest BCUT2D eigenvalue weighted by Crippen LogP contribution is 2.33. The Balaban J connectivity index is 2.15. The van der Waals surface area contributed by atoms with Crippen LogP contribution in [0.2, 0.25) is 0 Å². The molecule has 0 atom stereocenters. The van der Waals surface area contributed by atoms with Crippen LogP contribution in [0.15, 0.2) is 18.2 Å². The Labute approximate surface area is 127 Å². The van der Waals surface area contributed by atoms with E-state index in [-0.39, 0.29) is 6.61 Å². The van der Waals surface area contributed by atoms with Crippen molar-refractivity contribution in [3.8, 4) is 11.5 Å². The SMILES string of the molecule is COc1cccc(CN(CCO)C2CCCCC2)c1OC. The Morgan fingerprint density at radius 1 is 1.14 bits per heavy atom. The van der Waals surface area contributed by atoms with Crippen LogP contribution < -0.4 is 9.47 Å². The molecular formula is C17H27NO3. The molecule has 0 unspecified atom stereocenters. The van der Waals surface area contributed by atoms with Crippen LogP contribution in [-0.4, -0.2) is 43.4 Å². The van der Waals surface area contributed by atoms with Gasteiger partial charge in [-0.25, -0.2) is 0 Å². The first kappa shape index (κ1) is 16.1. The first-order valence-electron chi connectivity index (χ1n) is 7.85. The summed E-state index contributed by atoms with van der Waals surface area (Å²) in [6.45, 7) is 1.71. The fourth-order valence-corrected chi connectivity index (χ4v) is 3.26. The van der Waals surface area contributed by atoms with Crippen LogP contribution in [0.3, 0.4) is 0 Å². The van der Waals surface area contributed by atoms with Crippen molar-refractivity contribution >= 4 is 0 Å². The van der Waals surface area contributed by atoms with E-state index in [9.17, 15) is 5.11 Å². The van der Waals surface area contributed by atoms with Crippen molar-refractivity contribution in [3.05, 3.63) is 23.8 Å². The number of ether oxygens (including phenoxy) is 2. The summed E-state index contributed by atoms with van der Waals surface area (Å²) in [6, 6.07) is 6.56. The summed E-state index contributed by atoms with van der Waals surface area (Å²) in [4.78, 5) is 2.39. The van der Waals surface area contributed by atoms with Gasteiger partial charge in [0, 0.05) is 24.7 Å². The number of rotatable bonds is 7. The lowest BCUT2D eigenvalue weighted by Gasteiger charge is -2.34. The van der Waals surface area contributed by atoms with E-state index < -0.39 is 0 Å². The van der Waals surface area contributed by atoms with Crippen LogP contribution in [-0.2, 0) is 6.54 Å². The molecule has 0 aromatic heterocycles. The molecule has 118 valence electrons. The molecule has 1 aromatic rings. The summed E-state index contributed by atoms with van der Waals surface area (Å²) in [6.07, 6.45) is 6.38. The molecule has 0 radical (unpaired) electrons. The van der Waals surface area contributed by atoms with E-state index in [1.807, 2.05) is 12.1 Å². The molecule has 1 aliphatic carbocycles. The van der Waals surface area contributed by atoms with E-state index in [1.54, 1.807) is 14.2 Å². The van der Waals surface area contributed by atoms with Crippen LogP contribution in [0.4, 0.5) is 0 Å². The van der Waals surface area contributed by atoms with Gasteiger partial charge in [0.2, 0.25) is 0 Å². The second-order valence-corrected chi connectivity index (χ2v) is 5.64. The Bertz CT molecular complexity index is 430. The maximum absolute atomic E-state index is 9.37. The average molecular weight is 293 g/mol. The molecule has 0 amide bonds. The molecule has 4 heteroatoms. The summed E-state index contributed by atoms with van der Waals surface area (Å²) in [5, 5.41) is 9.37. The summed E-state index contributed by atoms with van der Waals surface area (Å²) in [7, 11) is 3.34. The third-order valence-corrected chi connectivity index (χ3v) is 4.34. The van der Waals surface area contributed by atoms with Crippen LogP contribution in [0.1, 0.15) is 37.7 Å². The van der Waals surface area contributed by atoms with Crippen molar-refractivity contribution in [2.45, 2.75) is 44.7 Å². The zero-order valence-electron chi connectivity index (χ0n) is 13.2. The smallest absolute Gasteiger partial charge is 0.165 e. The molecule has 0 heterocycles. The molecule has 1 fully saturated rings. The van der Waals surface area contributed by atoms with Gasteiger partial charge in [-0.15, -0.1) is 0 Å². The summed E-state index contributed by atoms with van der Waals surface area (Å²) >= 11 is 0. The van der Waals surface area contributed by atoms with Gasteiger partial charge in [0.05, 0.1) is 20.8 Å². The number of hydrogen-bond acceptors (Lipinski definition) is 4. The third-order valence-electron chi connectivity index (χ3n) is 4.34. The van der Waals surface area contributed by atoms with Crippen molar-refractivity contribution in [1.82, 2.24) is 4.90 Å². The fourth-order valence-electron chi connectivity index (χ4n) is 3.26. The van der Waals surface area contributed by atoms with Gasteiger partial charge in [0.15, 0.2) is 11.5 Å². The molecule has 4 nitrogen and oxygen atoms in total. The quantitative estimate of drug-likeness (QED) is 0.839. The minimum atomic E-state index is 0.197. The Morgan fingerprint density at radius 2 is 1.90 bits per heavy atom. The molecule has 1 aromatic carbocycles. The number of aliphatic hydroxyl groups is 1. The highest BCUT2D eigenvalue weighted by atomic mass is 16.5. The minimum absolute atomic E-state index is 0.197. The molecule has 1 aliphatic rings. The number of methoxy groups -OCH3 is 2. The standard InChI is InChI=1S/C17H27NO3/c1-20-16-10-6-7-14(17(16)21-2)13-18(11-12-19)15-8-4-3-5-9-15/h6-7,10,15,19H,3-5,8-9,11-13H2,1-2H3. The highest BCUT2D eigenvalue weighted by Gasteiger charge is 2.22. The second kappa shape index (κ2) is 8.25. The average Bonchev–Trinajstić information content (AvgIpc) is 2.55. The van der Waals surface area contributed by atoms with E-state index >= 15 is 0 Å². The molecular weight excluding hydrogens is 266 g/mol. The van der Waals surface area contributed by atoms with Crippen molar-refractivity contribution < 1.29 is 14.6 Å². The van der Waals surface area contributed by atoms with Gasteiger partial charge < -0.3 is 14.6 Å². The van der Waals surface area contributed by atoms with E-state index in [1.165, 1.54) is 32.1 Å². The lowest BCUT2D eigenvalue weighted by Crippen LogP contribution is -2.38. The molecule has 1 saturated carbocycles. The van der Waals surface area contributed by atoms with Crippen molar-refractivity contribution in [2.75, 3.05) is 27.4 Å². The van der Waals surface area contributed by atoms with E-state index in [0.29, 0.717) is 12.6 Å². The van der Waals surface area contributed by atoms with Crippen LogP contribution in [0, 0.1) is 0 Å². The van der Waals surface area contributed by atoms with Gasteiger partial charge in [-0.05, 0) is 18.9 Å². The Kier molecular flexibility index (Phi) is 6.33. The monoisotopic (exact) mass is 293 g/mol. The normalized spacial score (nSPS) is 16.2. The topological polar surface area (TPSA) is 41.9 Å². The zero-order chi connectivity index (χ0) is 15.1. The summed E-state index contributed by atoms with van der Waals surface area (Å²) in [5.74, 6) is 1.57. The lowest BCUT2D eigenvalue weighted by molar-refractivity contribution is 0.116. The Morgan fingerprint density at radius 3 is 2.52 bits per heavy atom. The van der Waals surface area contributed by atoms with Crippen LogP contribution >= 0.6 is 0 Å². The first-order chi connectivity index (χ1) is 10.3. The highest BCUT2D eigenvalue weighted by molar-refractivity contribution is 5.46. The lowest BCUT2D eigenvalue weighted by atomic mass is 9.93. The number of para-hydroxylation sites is 1. The number of hydrogen-bond donors (Lipinski definition) is 1. The number of benzene rings is 1. The van der Waals surface area contributed by atoms with Crippen molar-refractivity contribution in [1.29, 1.82) is 0 Å². The van der Waals surface area contributed by atoms with Gasteiger partial charge in [-0.3, -0.25) is 4.90 Å². The van der Waals surface area contributed by atoms with E-state index in [0.717, 1.165) is 23.6 Å². The predicted octanol–water partition coefficient (Wildman–Crippen LogP) is 2.83. The molecule has 0 bridgehead atoms. The number of nitrogens with zero attached hydrogens (tertiary/aromatic N) is 1. The van der Waals surface area contributed by atoms with Gasteiger partial charge in [-0.1, -0.05) is 31.4 Å². The zero-order valence-corrected chi connectivity index (χ0v) is 13.2. The summed E-state index contributed by atoms with van der Waals surface area (Å²) < 4.78 is 10.9. The Hall–Kier alpha value is -1.26. The molecule has 0 saturated heterocycles. The molecule has 1 N–H and O–H groups in total. The number of aliphatic hydroxyl groups excluding tert-OH is 1. The largest absolute Gasteiger partial charge is 0.493 e. The molecule has 2 rings (SSSR count). The summed E-state index contributed by atoms with van der Waals surface area (Å²) in [5.41, 5.74) is 1.12. The third kappa shape index (κ3) is 4.11. The van der Waals surface area contributed by atoms with E-state index in [2.05, 4.69) is 11.0 Å². The van der Waals surface area contributed by atoms with Crippen molar-refractivity contribution in [2.24, 2.45) is 0 Å². The van der Waals surface area contributed by atoms with Gasteiger partial charge >= 0.3 is 0 Å². The maximum Gasteiger partial charge on any atom is 0.165 e. The molecule has 0 spiro atoms. The maximum atomic E-state index is 9.37. The molecule has 21 heavy (non-hydrogen) atoms.